The van der Waals surface area contributed by atoms with Crippen LogP contribution in [0.4, 0.5) is 4.39 Å². The van der Waals surface area contributed by atoms with Crippen molar-refractivity contribution in [1.82, 2.24) is 10.2 Å². The van der Waals surface area contributed by atoms with E-state index in [2.05, 4.69) is 10.2 Å². The Morgan fingerprint density at radius 2 is 2.00 bits per heavy atom. The molecule has 1 atom stereocenters. The molecule has 1 aromatic carbocycles. The van der Waals surface area contributed by atoms with Crippen molar-refractivity contribution in [2.45, 2.75) is 19.4 Å². The number of hydrogen-bond acceptors (Lipinski definition) is 2. The molecule has 0 aliphatic heterocycles. The highest BCUT2D eigenvalue weighted by Gasteiger charge is 2.16. The molecule has 0 amide bonds. The van der Waals surface area contributed by atoms with E-state index in [-0.39, 0.29) is 11.1 Å². The summed E-state index contributed by atoms with van der Waals surface area (Å²) >= 11 is 11.8. The van der Waals surface area contributed by atoms with E-state index in [1.54, 1.807) is 0 Å². The smallest absolute Gasteiger partial charge is 0.142 e. The molecule has 0 fully saturated rings. The van der Waals surface area contributed by atoms with Crippen LogP contribution in [-0.4, -0.2) is 32.1 Å². The quantitative estimate of drug-likeness (QED) is 0.635. The maximum atomic E-state index is 13.5. The van der Waals surface area contributed by atoms with Crippen molar-refractivity contribution >= 4 is 23.2 Å². The van der Waals surface area contributed by atoms with Crippen LogP contribution in [0.3, 0.4) is 0 Å². The van der Waals surface area contributed by atoms with Gasteiger partial charge < -0.3 is 5.32 Å². The average molecular weight is 293 g/mol. The van der Waals surface area contributed by atoms with Gasteiger partial charge in [0.05, 0.1) is 5.02 Å². The van der Waals surface area contributed by atoms with E-state index in [1.807, 2.05) is 21.0 Å². The highest BCUT2D eigenvalue weighted by Crippen LogP contribution is 2.30. The fraction of sp³-hybridized carbons (Fsp3) is 0.538. The van der Waals surface area contributed by atoms with Gasteiger partial charge in [0.25, 0.3) is 0 Å². The molecule has 1 unspecified atom stereocenters. The summed E-state index contributed by atoms with van der Waals surface area (Å²) in [4.78, 5) is 2.14. The number of halogens is 3. The molecule has 0 aliphatic rings. The largest absolute Gasteiger partial charge is 0.320 e. The molecule has 102 valence electrons. The number of benzene rings is 1. The minimum absolute atomic E-state index is 0.0566. The summed E-state index contributed by atoms with van der Waals surface area (Å²) in [6.45, 7) is 3.89. The molecule has 0 aromatic heterocycles. The minimum Gasteiger partial charge on any atom is -0.320 e. The summed E-state index contributed by atoms with van der Waals surface area (Å²) in [6.07, 6.45) is 1.03. The second-order valence-electron chi connectivity index (χ2n) is 4.40. The molecule has 0 aliphatic carbocycles. The van der Waals surface area contributed by atoms with E-state index >= 15 is 0 Å². The average Bonchev–Trinajstić information content (AvgIpc) is 2.33. The lowest BCUT2D eigenvalue weighted by molar-refractivity contribution is 0.257. The first-order valence-corrected chi connectivity index (χ1v) is 6.72. The fourth-order valence-corrected chi connectivity index (χ4v) is 2.34. The predicted molar refractivity (Wildman–Crippen MR) is 76.0 cm³/mol. The first-order valence-electron chi connectivity index (χ1n) is 5.96. The van der Waals surface area contributed by atoms with Gasteiger partial charge in [-0.25, -0.2) is 4.39 Å². The molecule has 0 spiro atoms. The molecular weight excluding hydrogens is 274 g/mol. The SMILES string of the molecule is CNCCCN(C)C(C)c1cc(F)c(Cl)cc1Cl. The predicted octanol–water partition coefficient (Wildman–Crippen LogP) is 3.73. The summed E-state index contributed by atoms with van der Waals surface area (Å²) < 4.78 is 13.5. The summed E-state index contributed by atoms with van der Waals surface area (Å²) in [5, 5.41) is 3.67. The molecular formula is C13H19Cl2FN2. The number of hydrogen-bond donors (Lipinski definition) is 1. The molecule has 0 heterocycles. The molecule has 0 saturated heterocycles. The molecule has 1 N–H and O–H groups in total. The zero-order chi connectivity index (χ0) is 13.7. The summed E-state index contributed by atoms with van der Waals surface area (Å²) in [6, 6.07) is 2.94. The zero-order valence-electron chi connectivity index (χ0n) is 10.9. The van der Waals surface area contributed by atoms with Gasteiger partial charge in [0, 0.05) is 11.1 Å². The lowest BCUT2D eigenvalue weighted by atomic mass is 10.1. The Labute approximate surface area is 118 Å². The van der Waals surface area contributed by atoms with Gasteiger partial charge >= 0.3 is 0 Å². The van der Waals surface area contributed by atoms with E-state index < -0.39 is 5.82 Å². The molecule has 0 radical (unpaired) electrons. The van der Waals surface area contributed by atoms with Crippen LogP contribution in [0.25, 0.3) is 0 Å². The monoisotopic (exact) mass is 292 g/mol. The molecule has 5 heteroatoms. The van der Waals surface area contributed by atoms with Crippen molar-refractivity contribution < 1.29 is 4.39 Å². The first kappa shape index (κ1) is 15.7. The second-order valence-corrected chi connectivity index (χ2v) is 5.22. The van der Waals surface area contributed by atoms with Crippen LogP contribution >= 0.6 is 23.2 Å². The molecule has 1 rings (SSSR count). The number of nitrogens with zero attached hydrogens (tertiary/aromatic N) is 1. The topological polar surface area (TPSA) is 15.3 Å². The minimum atomic E-state index is -0.424. The standard InChI is InChI=1S/C13H19Cl2FN2/c1-9(18(3)6-4-5-17-2)10-7-13(16)12(15)8-11(10)14/h7-9,17H,4-6H2,1-3H3. The normalized spacial score (nSPS) is 13.1. The van der Waals surface area contributed by atoms with E-state index in [4.69, 9.17) is 23.2 Å². The highest BCUT2D eigenvalue weighted by atomic mass is 35.5. The van der Waals surface area contributed by atoms with Crippen LogP contribution in [0.1, 0.15) is 24.9 Å². The van der Waals surface area contributed by atoms with Crippen molar-refractivity contribution in [3.63, 3.8) is 0 Å². The third-order valence-electron chi connectivity index (χ3n) is 3.09. The van der Waals surface area contributed by atoms with Crippen molar-refractivity contribution in [3.05, 3.63) is 33.6 Å². The van der Waals surface area contributed by atoms with Crippen LogP contribution in [0, 0.1) is 5.82 Å². The zero-order valence-corrected chi connectivity index (χ0v) is 12.4. The van der Waals surface area contributed by atoms with Crippen molar-refractivity contribution in [1.29, 1.82) is 0 Å². The third-order valence-corrected chi connectivity index (χ3v) is 3.71. The molecule has 0 bridgehead atoms. The van der Waals surface area contributed by atoms with Crippen LogP contribution in [0.5, 0.6) is 0 Å². The molecule has 0 saturated carbocycles. The Balaban J connectivity index is 2.76. The Morgan fingerprint density at radius 3 is 2.61 bits per heavy atom. The third kappa shape index (κ3) is 4.09. The maximum Gasteiger partial charge on any atom is 0.142 e. The van der Waals surface area contributed by atoms with E-state index in [0.29, 0.717) is 5.02 Å². The van der Waals surface area contributed by atoms with Crippen LogP contribution in [-0.2, 0) is 0 Å². The van der Waals surface area contributed by atoms with Gasteiger partial charge in [-0.3, -0.25) is 4.90 Å². The van der Waals surface area contributed by atoms with Gasteiger partial charge in [-0.1, -0.05) is 23.2 Å². The lowest BCUT2D eigenvalue weighted by Gasteiger charge is -2.26. The number of nitrogens with one attached hydrogen (secondary N) is 1. The maximum absolute atomic E-state index is 13.5. The summed E-state index contributed by atoms with van der Waals surface area (Å²) in [5.41, 5.74) is 0.769. The molecule has 2 nitrogen and oxygen atoms in total. The van der Waals surface area contributed by atoms with Gasteiger partial charge in [-0.05, 0) is 58.2 Å². The summed E-state index contributed by atoms with van der Waals surface area (Å²) in [5.74, 6) is -0.424. The van der Waals surface area contributed by atoms with Crippen LogP contribution in [0.2, 0.25) is 10.0 Å². The van der Waals surface area contributed by atoms with Gasteiger partial charge in [-0.15, -0.1) is 0 Å². The van der Waals surface area contributed by atoms with E-state index in [9.17, 15) is 4.39 Å². The Bertz CT molecular complexity index is 399. The lowest BCUT2D eigenvalue weighted by Crippen LogP contribution is -2.26. The highest BCUT2D eigenvalue weighted by molar-refractivity contribution is 6.35. The fourth-order valence-electron chi connectivity index (χ4n) is 1.79. The van der Waals surface area contributed by atoms with Crippen molar-refractivity contribution in [3.8, 4) is 0 Å². The van der Waals surface area contributed by atoms with E-state index in [1.165, 1.54) is 12.1 Å². The van der Waals surface area contributed by atoms with Gasteiger partial charge in [-0.2, -0.15) is 0 Å². The second kappa shape index (κ2) is 7.29. The molecule has 1 aromatic rings. The Hall–Kier alpha value is -0.350. The van der Waals surface area contributed by atoms with Gasteiger partial charge in [0.2, 0.25) is 0 Å². The first-order chi connectivity index (χ1) is 8.47. The summed E-state index contributed by atoms with van der Waals surface area (Å²) in [7, 11) is 3.93. The Morgan fingerprint density at radius 1 is 1.33 bits per heavy atom. The Kier molecular flexibility index (Phi) is 6.36. The molecule has 18 heavy (non-hydrogen) atoms. The van der Waals surface area contributed by atoms with Gasteiger partial charge in [0.15, 0.2) is 0 Å². The van der Waals surface area contributed by atoms with Crippen molar-refractivity contribution in [2.24, 2.45) is 0 Å². The van der Waals surface area contributed by atoms with Crippen LogP contribution in [0.15, 0.2) is 12.1 Å². The van der Waals surface area contributed by atoms with Crippen molar-refractivity contribution in [2.75, 3.05) is 27.2 Å². The van der Waals surface area contributed by atoms with E-state index in [0.717, 1.165) is 25.1 Å². The van der Waals surface area contributed by atoms with Gasteiger partial charge in [0.1, 0.15) is 5.82 Å². The number of rotatable bonds is 6. The van der Waals surface area contributed by atoms with Crippen LogP contribution < -0.4 is 5.32 Å².